The maximum Gasteiger partial charge on any atom is 0.205 e. The lowest BCUT2D eigenvalue weighted by atomic mass is 10.1. The van der Waals surface area contributed by atoms with Gasteiger partial charge in [-0.2, -0.15) is 5.10 Å². The molecule has 0 aliphatic carbocycles. The molecule has 0 radical (unpaired) electrons. The third kappa shape index (κ3) is 1.49. The summed E-state index contributed by atoms with van der Waals surface area (Å²) in [4.78, 5) is 7.31. The fourth-order valence-electron chi connectivity index (χ4n) is 1.26. The molecule has 0 amide bonds. The van der Waals surface area contributed by atoms with Gasteiger partial charge < -0.3 is 5.43 Å². The van der Waals surface area contributed by atoms with E-state index in [1.807, 2.05) is 12.3 Å². The Morgan fingerprint density at radius 1 is 1.54 bits per heavy atom. The van der Waals surface area contributed by atoms with Crippen LogP contribution in [0.15, 0.2) is 23.6 Å². The van der Waals surface area contributed by atoms with E-state index in [2.05, 4.69) is 20.4 Å². The van der Waals surface area contributed by atoms with Crippen molar-refractivity contribution in [2.75, 3.05) is 0 Å². The first-order valence-electron chi connectivity index (χ1n) is 3.99. The zero-order valence-electron chi connectivity index (χ0n) is 6.94. The van der Waals surface area contributed by atoms with Crippen LogP contribution in [0.4, 0.5) is 5.69 Å². The molecule has 0 bridgehead atoms. The first kappa shape index (κ1) is 7.74. The minimum Gasteiger partial charge on any atom is -0.303 e. The second-order valence-corrected chi connectivity index (χ2v) is 2.82. The first-order valence-corrected chi connectivity index (χ1v) is 3.99. The molecular weight excluding hydrogens is 164 g/mol. The van der Waals surface area contributed by atoms with Gasteiger partial charge in [0.05, 0.1) is 12.6 Å². The fraction of sp³-hybridized carbons (Fsp3) is 0.222. The van der Waals surface area contributed by atoms with E-state index >= 15 is 0 Å². The van der Waals surface area contributed by atoms with E-state index in [0.717, 1.165) is 12.0 Å². The molecule has 1 unspecified atom stereocenters. The van der Waals surface area contributed by atoms with Crippen LogP contribution in [0.3, 0.4) is 0 Å². The quantitative estimate of drug-likeness (QED) is 0.654. The third-order valence-corrected chi connectivity index (χ3v) is 1.94. The molecule has 1 aliphatic heterocycles. The minimum atomic E-state index is 0.189. The third-order valence-electron chi connectivity index (χ3n) is 1.94. The number of hydrogen-bond donors (Lipinski definition) is 1. The van der Waals surface area contributed by atoms with Crippen molar-refractivity contribution >= 4 is 11.9 Å². The van der Waals surface area contributed by atoms with E-state index in [1.165, 1.54) is 0 Å². The van der Waals surface area contributed by atoms with Crippen molar-refractivity contribution in [3.05, 3.63) is 35.4 Å². The first-order chi connectivity index (χ1) is 6.40. The average molecular weight is 172 g/mol. The highest BCUT2D eigenvalue weighted by atomic mass is 15.3. The highest BCUT2D eigenvalue weighted by Gasteiger charge is 2.13. The van der Waals surface area contributed by atoms with E-state index in [0.29, 0.717) is 5.69 Å². The summed E-state index contributed by atoms with van der Waals surface area (Å²) >= 11 is 0. The van der Waals surface area contributed by atoms with Gasteiger partial charge in [0, 0.05) is 25.0 Å². The van der Waals surface area contributed by atoms with E-state index < -0.39 is 0 Å². The second-order valence-electron chi connectivity index (χ2n) is 2.82. The Bertz CT molecular complexity index is 369. The van der Waals surface area contributed by atoms with Crippen LogP contribution in [0.1, 0.15) is 18.0 Å². The predicted octanol–water partition coefficient (Wildman–Crippen LogP) is 1.65. The van der Waals surface area contributed by atoms with Crippen LogP contribution in [-0.4, -0.2) is 11.2 Å². The lowest BCUT2D eigenvalue weighted by Gasteiger charge is -2.08. The Balaban J connectivity index is 2.26. The van der Waals surface area contributed by atoms with E-state index in [9.17, 15) is 0 Å². The number of aromatic nitrogens is 1. The maximum absolute atomic E-state index is 6.84. The fourth-order valence-corrected chi connectivity index (χ4v) is 1.26. The molecule has 1 N–H and O–H groups in total. The molecular formula is C9H8N4. The smallest absolute Gasteiger partial charge is 0.205 e. The van der Waals surface area contributed by atoms with Gasteiger partial charge >= 0.3 is 0 Å². The predicted molar refractivity (Wildman–Crippen MR) is 49.5 cm³/mol. The Labute approximate surface area is 76.1 Å². The van der Waals surface area contributed by atoms with Crippen LogP contribution in [0.5, 0.6) is 0 Å². The van der Waals surface area contributed by atoms with Crippen LogP contribution in [0.25, 0.3) is 4.85 Å². The Hall–Kier alpha value is -1.89. The summed E-state index contributed by atoms with van der Waals surface area (Å²) in [6.45, 7) is 6.84. The molecule has 0 saturated heterocycles. The Kier molecular flexibility index (Phi) is 1.93. The summed E-state index contributed by atoms with van der Waals surface area (Å²) in [5, 5.41) is 3.92. The van der Waals surface area contributed by atoms with Gasteiger partial charge in [-0.3, -0.25) is 4.98 Å². The van der Waals surface area contributed by atoms with E-state index in [4.69, 9.17) is 6.57 Å². The van der Waals surface area contributed by atoms with Crippen molar-refractivity contribution in [1.82, 2.24) is 10.4 Å². The molecule has 0 saturated carbocycles. The topological polar surface area (TPSA) is 41.6 Å². The molecule has 64 valence electrons. The molecule has 13 heavy (non-hydrogen) atoms. The molecule has 4 heteroatoms. The van der Waals surface area contributed by atoms with Gasteiger partial charge in [-0.05, 0) is 11.6 Å². The summed E-state index contributed by atoms with van der Waals surface area (Å²) in [6, 6.07) is 2.03. The number of hydrogen-bond acceptors (Lipinski definition) is 3. The number of hydrazone groups is 1. The maximum atomic E-state index is 6.84. The zero-order valence-corrected chi connectivity index (χ0v) is 6.94. The van der Waals surface area contributed by atoms with E-state index in [-0.39, 0.29) is 6.04 Å². The second kappa shape index (κ2) is 3.23. The van der Waals surface area contributed by atoms with Gasteiger partial charge in [-0.25, -0.2) is 4.85 Å². The normalized spacial score (nSPS) is 19.5. The van der Waals surface area contributed by atoms with Crippen molar-refractivity contribution in [2.24, 2.45) is 5.10 Å². The van der Waals surface area contributed by atoms with Crippen molar-refractivity contribution < 1.29 is 0 Å². The summed E-state index contributed by atoms with van der Waals surface area (Å²) in [6.07, 6.45) is 6.02. The number of pyridine rings is 1. The summed E-state index contributed by atoms with van der Waals surface area (Å²) < 4.78 is 0. The minimum absolute atomic E-state index is 0.189. The highest BCUT2D eigenvalue weighted by molar-refractivity contribution is 5.61. The summed E-state index contributed by atoms with van der Waals surface area (Å²) in [7, 11) is 0. The standard InChI is InChI=1S/C9H8N4/c1-10-8-4-7(5-11-6-8)9-2-3-12-13-9/h3-6,9,13H,2H2. The Morgan fingerprint density at radius 2 is 2.46 bits per heavy atom. The van der Waals surface area contributed by atoms with Gasteiger partial charge in [0.15, 0.2) is 0 Å². The monoisotopic (exact) mass is 172 g/mol. The molecule has 0 fully saturated rings. The lowest BCUT2D eigenvalue weighted by Crippen LogP contribution is -2.09. The van der Waals surface area contributed by atoms with Crippen LogP contribution in [-0.2, 0) is 0 Å². The van der Waals surface area contributed by atoms with Crippen molar-refractivity contribution in [1.29, 1.82) is 0 Å². The van der Waals surface area contributed by atoms with Crippen molar-refractivity contribution in [3.8, 4) is 0 Å². The molecule has 1 aliphatic rings. The van der Waals surface area contributed by atoms with Crippen LogP contribution in [0.2, 0.25) is 0 Å². The van der Waals surface area contributed by atoms with Gasteiger partial charge in [0.1, 0.15) is 0 Å². The van der Waals surface area contributed by atoms with Gasteiger partial charge in [-0.15, -0.1) is 0 Å². The Morgan fingerprint density at radius 3 is 3.15 bits per heavy atom. The number of nitrogens with one attached hydrogen (secondary N) is 1. The lowest BCUT2D eigenvalue weighted by molar-refractivity contribution is 0.618. The molecule has 4 nitrogen and oxygen atoms in total. The highest BCUT2D eigenvalue weighted by Crippen LogP contribution is 2.21. The van der Waals surface area contributed by atoms with Crippen LogP contribution < -0.4 is 5.43 Å². The SMILES string of the molecule is [C-]#[N+]c1cncc(C2CC=NN2)c1. The van der Waals surface area contributed by atoms with Gasteiger partial charge in [-0.1, -0.05) is 0 Å². The van der Waals surface area contributed by atoms with Gasteiger partial charge in [0.2, 0.25) is 5.69 Å². The van der Waals surface area contributed by atoms with Crippen LogP contribution >= 0.6 is 0 Å². The van der Waals surface area contributed by atoms with Crippen molar-refractivity contribution in [2.45, 2.75) is 12.5 Å². The number of nitrogens with zero attached hydrogens (tertiary/aromatic N) is 3. The zero-order chi connectivity index (χ0) is 9.10. The molecule has 1 aromatic heterocycles. The molecule has 0 spiro atoms. The summed E-state index contributed by atoms with van der Waals surface area (Å²) in [5.41, 5.74) is 4.55. The van der Waals surface area contributed by atoms with Gasteiger partial charge in [0.25, 0.3) is 0 Å². The molecule has 0 aromatic carbocycles. The average Bonchev–Trinajstić information content (AvgIpc) is 2.71. The molecule has 1 atom stereocenters. The molecule has 1 aromatic rings. The van der Waals surface area contributed by atoms with Crippen LogP contribution in [0, 0.1) is 6.57 Å². The van der Waals surface area contributed by atoms with E-state index in [1.54, 1.807) is 12.4 Å². The molecule has 2 rings (SSSR count). The van der Waals surface area contributed by atoms with Crippen molar-refractivity contribution in [3.63, 3.8) is 0 Å². The number of rotatable bonds is 1. The molecule has 2 heterocycles. The summed E-state index contributed by atoms with van der Waals surface area (Å²) in [5.74, 6) is 0. The largest absolute Gasteiger partial charge is 0.303 e.